The Balaban J connectivity index is 1.75. The second kappa shape index (κ2) is 11.5. The topological polar surface area (TPSA) is 95.2 Å². The quantitative estimate of drug-likeness (QED) is 0.205. The summed E-state index contributed by atoms with van der Waals surface area (Å²) in [6.45, 7) is 20.1. The summed E-state index contributed by atoms with van der Waals surface area (Å²) in [5.74, 6) is 0.984. The fourth-order valence-electron chi connectivity index (χ4n) is 4.01. The van der Waals surface area contributed by atoms with Crippen molar-refractivity contribution in [1.29, 1.82) is 0 Å². The lowest BCUT2D eigenvalue weighted by molar-refractivity contribution is 0.710. The first-order chi connectivity index (χ1) is 18.4. The molecule has 192 valence electrons. The monoisotopic (exact) mass is 503 g/mol. The van der Waals surface area contributed by atoms with Crippen LogP contribution in [0.2, 0.25) is 0 Å². The van der Waals surface area contributed by atoms with Gasteiger partial charge in [0.25, 0.3) is 0 Å². The molecule has 4 aromatic rings. The predicted molar refractivity (Wildman–Crippen MR) is 157 cm³/mol. The fraction of sp³-hybridized carbons (Fsp3) is 0.161. The van der Waals surface area contributed by atoms with Gasteiger partial charge in [0.1, 0.15) is 5.69 Å². The normalized spacial score (nSPS) is 12.7. The van der Waals surface area contributed by atoms with Gasteiger partial charge in [-0.15, -0.1) is 0 Å². The lowest BCUT2D eigenvalue weighted by atomic mass is 10.0. The minimum absolute atomic E-state index is 0.306. The van der Waals surface area contributed by atoms with Crippen molar-refractivity contribution in [2.45, 2.75) is 27.7 Å². The van der Waals surface area contributed by atoms with Crippen LogP contribution in [0, 0.1) is 12.8 Å². The SMILES string of the molecule is C=C/C=C(/c1cccnc1)c1nc(-c2[nH]nc3ncc(C(/C=C(\C=C)NC(=C)C(C)C)=C/C)cc23)[nH]c1C. The number of fused-ring (bicyclic) bond motifs is 1. The average Bonchev–Trinajstić information content (AvgIpc) is 3.52. The molecule has 0 atom stereocenters. The molecule has 0 aliphatic carbocycles. The van der Waals surface area contributed by atoms with E-state index in [4.69, 9.17) is 4.98 Å². The van der Waals surface area contributed by atoms with E-state index in [-0.39, 0.29) is 0 Å². The van der Waals surface area contributed by atoms with Crippen molar-refractivity contribution in [2.24, 2.45) is 5.92 Å². The highest BCUT2D eigenvalue weighted by Gasteiger charge is 2.18. The van der Waals surface area contributed by atoms with Crippen LogP contribution in [0.3, 0.4) is 0 Å². The van der Waals surface area contributed by atoms with Gasteiger partial charge >= 0.3 is 0 Å². The van der Waals surface area contributed by atoms with Crippen LogP contribution in [0.25, 0.3) is 33.7 Å². The number of aryl methyl sites for hydroxylation is 1. The second-order valence-electron chi connectivity index (χ2n) is 9.16. The number of nitrogens with zero attached hydrogens (tertiary/aromatic N) is 4. The van der Waals surface area contributed by atoms with Crippen molar-refractivity contribution in [3.63, 3.8) is 0 Å². The number of allylic oxidation sites excluding steroid dienone is 7. The minimum Gasteiger partial charge on any atom is -0.359 e. The van der Waals surface area contributed by atoms with Crippen molar-refractivity contribution in [2.75, 3.05) is 0 Å². The molecule has 0 spiro atoms. The number of imidazole rings is 1. The number of hydrogen-bond acceptors (Lipinski definition) is 5. The Morgan fingerprint density at radius 1 is 1.16 bits per heavy atom. The van der Waals surface area contributed by atoms with Crippen LogP contribution in [0.5, 0.6) is 0 Å². The van der Waals surface area contributed by atoms with E-state index < -0.39 is 0 Å². The van der Waals surface area contributed by atoms with Crippen LogP contribution < -0.4 is 5.32 Å². The number of aromatic amines is 2. The summed E-state index contributed by atoms with van der Waals surface area (Å²) in [4.78, 5) is 17.2. The maximum Gasteiger partial charge on any atom is 0.181 e. The lowest BCUT2D eigenvalue weighted by Crippen LogP contribution is -2.14. The molecule has 0 fully saturated rings. The Labute approximate surface area is 223 Å². The zero-order valence-electron chi connectivity index (χ0n) is 22.3. The van der Waals surface area contributed by atoms with Gasteiger partial charge in [-0.3, -0.25) is 10.1 Å². The number of hydrogen-bond donors (Lipinski definition) is 3. The number of H-pyrrole nitrogens is 2. The largest absolute Gasteiger partial charge is 0.359 e. The van der Waals surface area contributed by atoms with Crippen LogP contribution in [-0.2, 0) is 0 Å². The first-order valence-electron chi connectivity index (χ1n) is 12.5. The van der Waals surface area contributed by atoms with E-state index in [9.17, 15) is 0 Å². The van der Waals surface area contributed by atoms with E-state index in [2.05, 4.69) is 70.1 Å². The highest BCUT2D eigenvalue weighted by Crippen LogP contribution is 2.31. The lowest BCUT2D eigenvalue weighted by Gasteiger charge is -2.14. The molecule has 0 aromatic carbocycles. The van der Waals surface area contributed by atoms with Gasteiger partial charge in [0, 0.05) is 52.4 Å². The van der Waals surface area contributed by atoms with Gasteiger partial charge in [-0.05, 0) is 49.6 Å². The van der Waals surface area contributed by atoms with Gasteiger partial charge in [-0.2, -0.15) is 5.10 Å². The molecule has 0 amide bonds. The number of rotatable bonds is 10. The van der Waals surface area contributed by atoms with E-state index in [1.807, 2.05) is 56.6 Å². The summed E-state index contributed by atoms with van der Waals surface area (Å²) in [7, 11) is 0. The zero-order valence-corrected chi connectivity index (χ0v) is 22.3. The predicted octanol–water partition coefficient (Wildman–Crippen LogP) is 6.90. The molecule has 4 rings (SSSR count). The summed E-state index contributed by atoms with van der Waals surface area (Å²) >= 11 is 0. The van der Waals surface area contributed by atoms with E-state index >= 15 is 0 Å². The van der Waals surface area contributed by atoms with E-state index in [1.165, 1.54) is 0 Å². The van der Waals surface area contributed by atoms with Crippen LogP contribution in [0.15, 0.2) is 98.3 Å². The Morgan fingerprint density at radius 2 is 1.97 bits per heavy atom. The van der Waals surface area contributed by atoms with Gasteiger partial charge in [0.2, 0.25) is 0 Å². The van der Waals surface area contributed by atoms with Gasteiger partial charge in [-0.1, -0.05) is 57.9 Å². The van der Waals surface area contributed by atoms with Crippen molar-refractivity contribution in [1.82, 2.24) is 35.5 Å². The highest BCUT2D eigenvalue weighted by atomic mass is 15.2. The molecular formula is C31H33N7. The fourth-order valence-corrected chi connectivity index (χ4v) is 4.01. The summed E-state index contributed by atoms with van der Waals surface area (Å²) in [5, 5.41) is 11.8. The van der Waals surface area contributed by atoms with Crippen molar-refractivity contribution in [3.8, 4) is 11.5 Å². The number of nitrogens with one attached hydrogen (secondary N) is 3. The Morgan fingerprint density at radius 3 is 2.63 bits per heavy atom. The van der Waals surface area contributed by atoms with Crippen LogP contribution in [-0.4, -0.2) is 30.1 Å². The third kappa shape index (κ3) is 5.47. The number of pyridine rings is 2. The molecular weight excluding hydrogens is 470 g/mol. The average molecular weight is 504 g/mol. The molecule has 0 unspecified atom stereocenters. The molecule has 3 N–H and O–H groups in total. The van der Waals surface area contributed by atoms with E-state index in [0.717, 1.165) is 56.1 Å². The summed E-state index contributed by atoms with van der Waals surface area (Å²) < 4.78 is 0. The maximum absolute atomic E-state index is 4.95. The van der Waals surface area contributed by atoms with Crippen molar-refractivity contribution < 1.29 is 0 Å². The minimum atomic E-state index is 0.306. The summed E-state index contributed by atoms with van der Waals surface area (Å²) in [6, 6.07) is 5.99. The van der Waals surface area contributed by atoms with Gasteiger partial charge in [0.15, 0.2) is 11.5 Å². The Kier molecular flexibility index (Phi) is 7.97. The molecule has 7 heteroatoms. The first kappa shape index (κ1) is 26.3. The molecule has 0 bridgehead atoms. The molecule has 4 heterocycles. The molecule has 0 aliphatic heterocycles. The van der Waals surface area contributed by atoms with Gasteiger partial charge < -0.3 is 10.3 Å². The Hall–Kier alpha value is -4.78. The third-order valence-electron chi connectivity index (χ3n) is 6.22. The Bertz CT molecular complexity index is 1580. The molecule has 4 aromatic heterocycles. The van der Waals surface area contributed by atoms with E-state index in [1.54, 1.807) is 18.3 Å². The first-order valence-corrected chi connectivity index (χ1v) is 12.5. The van der Waals surface area contributed by atoms with Crippen LogP contribution >= 0.6 is 0 Å². The summed E-state index contributed by atoms with van der Waals surface area (Å²) in [5.41, 5.74) is 8.76. The second-order valence-corrected chi connectivity index (χ2v) is 9.16. The third-order valence-corrected chi connectivity index (χ3v) is 6.22. The highest BCUT2D eigenvalue weighted by molar-refractivity contribution is 5.92. The van der Waals surface area contributed by atoms with Crippen molar-refractivity contribution in [3.05, 3.63) is 121 Å². The van der Waals surface area contributed by atoms with Gasteiger partial charge in [-0.25, -0.2) is 9.97 Å². The molecule has 0 aliphatic rings. The van der Waals surface area contributed by atoms with Gasteiger partial charge in [0.05, 0.1) is 11.1 Å². The van der Waals surface area contributed by atoms with Crippen LogP contribution in [0.4, 0.5) is 0 Å². The molecule has 38 heavy (non-hydrogen) atoms. The standard InChI is InChI=1S/C31H33N7/c1-8-12-26(23-13-11-14-32-17-23)28-21(7)35-31(36-28)29-27-16-24(18-33-30(27)38-37-29)22(9-2)15-25(10-3)34-20(6)19(4)5/h8-19,34H,1,3,6H2,2,4-5,7H3,(H,35,36)(H,33,37,38)/b22-9+,25-15+,26-12-. The maximum atomic E-state index is 4.95. The van der Waals surface area contributed by atoms with Crippen LogP contribution in [0.1, 0.15) is 43.3 Å². The molecule has 0 radical (unpaired) electrons. The summed E-state index contributed by atoms with van der Waals surface area (Å²) in [6.07, 6.45) is 15.0. The zero-order chi connectivity index (χ0) is 27.2. The molecule has 7 nitrogen and oxygen atoms in total. The molecule has 0 saturated heterocycles. The smallest absolute Gasteiger partial charge is 0.181 e. The number of aromatic nitrogens is 6. The van der Waals surface area contributed by atoms with E-state index in [0.29, 0.717) is 17.4 Å². The van der Waals surface area contributed by atoms with Crippen molar-refractivity contribution >= 4 is 22.2 Å². The molecule has 0 saturated carbocycles.